The molecule has 0 fully saturated rings. The molecule has 0 atom stereocenters. The summed E-state index contributed by atoms with van der Waals surface area (Å²) in [6, 6.07) is 15.5. The Balaban J connectivity index is 1.71. The number of benzene rings is 1. The molecule has 1 N–H and O–H groups in total. The van der Waals surface area contributed by atoms with E-state index in [9.17, 15) is 0 Å². The number of halogens is 1. The summed E-state index contributed by atoms with van der Waals surface area (Å²) in [5.41, 5.74) is 3.01. The molecule has 0 aliphatic carbocycles. The van der Waals surface area contributed by atoms with Crippen molar-refractivity contribution in [1.82, 2.24) is 4.98 Å². The Morgan fingerprint density at radius 3 is 2.67 bits per heavy atom. The molecule has 0 saturated heterocycles. The average molecular weight is 299 g/mol. The number of furan rings is 1. The molecule has 0 unspecified atom stereocenters. The number of aryl methyl sites for hydroxylation is 1. The Labute approximate surface area is 128 Å². The van der Waals surface area contributed by atoms with Gasteiger partial charge in [-0.2, -0.15) is 0 Å². The first-order valence-corrected chi connectivity index (χ1v) is 7.10. The van der Waals surface area contributed by atoms with Gasteiger partial charge in [0.25, 0.3) is 0 Å². The molecule has 0 bridgehead atoms. The Morgan fingerprint density at radius 1 is 1.10 bits per heavy atom. The van der Waals surface area contributed by atoms with Gasteiger partial charge in [-0.3, -0.25) is 4.98 Å². The summed E-state index contributed by atoms with van der Waals surface area (Å²) in [6.07, 6.45) is 1.78. The van der Waals surface area contributed by atoms with E-state index in [0.29, 0.717) is 6.54 Å². The van der Waals surface area contributed by atoms with Gasteiger partial charge in [0.1, 0.15) is 11.5 Å². The van der Waals surface area contributed by atoms with Crippen LogP contribution < -0.4 is 5.32 Å². The molecule has 0 aliphatic heterocycles. The van der Waals surface area contributed by atoms with Crippen molar-refractivity contribution in [3.05, 3.63) is 71.2 Å². The maximum Gasteiger partial charge on any atom is 0.134 e. The zero-order chi connectivity index (χ0) is 14.7. The van der Waals surface area contributed by atoms with Crippen molar-refractivity contribution in [3.8, 4) is 11.3 Å². The first kappa shape index (κ1) is 13.7. The van der Waals surface area contributed by atoms with Crippen molar-refractivity contribution in [2.45, 2.75) is 13.5 Å². The lowest BCUT2D eigenvalue weighted by molar-refractivity contribution is 0.531. The van der Waals surface area contributed by atoms with Crippen LogP contribution in [0.15, 0.2) is 59.1 Å². The molecular formula is C17H15ClN2O. The van der Waals surface area contributed by atoms with Crippen molar-refractivity contribution < 1.29 is 4.42 Å². The summed E-state index contributed by atoms with van der Waals surface area (Å²) in [5, 5.41) is 4.05. The van der Waals surface area contributed by atoms with Crippen LogP contribution in [0.5, 0.6) is 0 Å². The predicted octanol–water partition coefficient (Wildman–Crippen LogP) is 4.92. The minimum atomic E-state index is 0.625. The van der Waals surface area contributed by atoms with E-state index in [1.807, 2.05) is 55.5 Å². The Morgan fingerprint density at radius 2 is 1.90 bits per heavy atom. The Kier molecular flexibility index (Phi) is 3.93. The third-order valence-electron chi connectivity index (χ3n) is 3.25. The largest absolute Gasteiger partial charge is 0.459 e. The zero-order valence-electron chi connectivity index (χ0n) is 11.6. The molecule has 21 heavy (non-hydrogen) atoms. The van der Waals surface area contributed by atoms with Crippen LogP contribution in [-0.4, -0.2) is 4.98 Å². The SMILES string of the molecule is Cc1ncccc1NCc1ccc(-c2ccc(Cl)cc2)o1. The zero-order valence-corrected chi connectivity index (χ0v) is 12.4. The van der Waals surface area contributed by atoms with Crippen molar-refractivity contribution in [3.63, 3.8) is 0 Å². The normalized spacial score (nSPS) is 10.6. The van der Waals surface area contributed by atoms with Crippen molar-refractivity contribution >= 4 is 17.3 Å². The molecule has 3 aromatic rings. The molecule has 0 saturated carbocycles. The third kappa shape index (κ3) is 3.26. The minimum Gasteiger partial charge on any atom is -0.459 e. The van der Waals surface area contributed by atoms with Gasteiger partial charge in [0, 0.05) is 16.8 Å². The van der Waals surface area contributed by atoms with Gasteiger partial charge < -0.3 is 9.73 Å². The second-order valence-electron chi connectivity index (χ2n) is 4.76. The van der Waals surface area contributed by atoms with Crippen LogP contribution in [0.2, 0.25) is 5.02 Å². The van der Waals surface area contributed by atoms with E-state index in [-0.39, 0.29) is 0 Å². The molecule has 2 heterocycles. The van der Waals surface area contributed by atoms with Crippen LogP contribution in [0, 0.1) is 6.92 Å². The van der Waals surface area contributed by atoms with Crippen LogP contribution in [0.4, 0.5) is 5.69 Å². The number of hydrogen-bond donors (Lipinski definition) is 1. The summed E-state index contributed by atoms with van der Waals surface area (Å²) in [6.45, 7) is 2.60. The van der Waals surface area contributed by atoms with Crippen LogP contribution >= 0.6 is 11.6 Å². The number of pyridine rings is 1. The molecule has 3 nitrogen and oxygen atoms in total. The van der Waals surface area contributed by atoms with Gasteiger partial charge in [-0.15, -0.1) is 0 Å². The second kappa shape index (κ2) is 6.02. The molecule has 0 radical (unpaired) electrons. The molecule has 0 spiro atoms. The number of anilines is 1. The molecule has 0 amide bonds. The summed E-state index contributed by atoms with van der Waals surface area (Å²) in [7, 11) is 0. The summed E-state index contributed by atoms with van der Waals surface area (Å²) < 4.78 is 5.85. The van der Waals surface area contributed by atoms with Crippen LogP contribution in [0.3, 0.4) is 0 Å². The lowest BCUT2D eigenvalue weighted by Gasteiger charge is -2.06. The minimum absolute atomic E-state index is 0.625. The molecule has 3 rings (SSSR count). The topological polar surface area (TPSA) is 38.1 Å². The van der Waals surface area contributed by atoms with Crippen molar-refractivity contribution in [2.24, 2.45) is 0 Å². The number of nitrogens with zero attached hydrogens (tertiary/aromatic N) is 1. The number of aromatic nitrogens is 1. The Bertz CT molecular complexity index is 735. The highest BCUT2D eigenvalue weighted by atomic mass is 35.5. The van der Waals surface area contributed by atoms with E-state index in [1.54, 1.807) is 6.20 Å². The van der Waals surface area contributed by atoms with Crippen LogP contribution in [0.25, 0.3) is 11.3 Å². The molecule has 106 valence electrons. The summed E-state index contributed by atoms with van der Waals surface area (Å²) in [5.74, 6) is 1.72. The fourth-order valence-electron chi connectivity index (χ4n) is 2.10. The monoisotopic (exact) mass is 298 g/mol. The first-order chi connectivity index (χ1) is 10.2. The van der Waals surface area contributed by atoms with Crippen LogP contribution in [0.1, 0.15) is 11.5 Å². The van der Waals surface area contributed by atoms with E-state index < -0.39 is 0 Å². The lowest BCUT2D eigenvalue weighted by Crippen LogP contribution is -2.00. The van der Waals surface area contributed by atoms with Gasteiger partial charge in [0.05, 0.1) is 17.9 Å². The van der Waals surface area contributed by atoms with Gasteiger partial charge >= 0.3 is 0 Å². The summed E-state index contributed by atoms with van der Waals surface area (Å²) in [4.78, 5) is 4.25. The maximum absolute atomic E-state index is 5.89. The number of rotatable bonds is 4. The highest BCUT2D eigenvalue weighted by molar-refractivity contribution is 6.30. The van der Waals surface area contributed by atoms with E-state index in [1.165, 1.54) is 0 Å². The fraction of sp³-hybridized carbons (Fsp3) is 0.118. The predicted molar refractivity (Wildman–Crippen MR) is 85.5 cm³/mol. The quantitative estimate of drug-likeness (QED) is 0.743. The molecule has 0 aliphatic rings. The van der Waals surface area contributed by atoms with Gasteiger partial charge in [-0.1, -0.05) is 11.6 Å². The first-order valence-electron chi connectivity index (χ1n) is 6.72. The van der Waals surface area contributed by atoms with E-state index >= 15 is 0 Å². The highest BCUT2D eigenvalue weighted by Crippen LogP contribution is 2.24. The molecule has 4 heteroatoms. The lowest BCUT2D eigenvalue weighted by atomic mass is 10.2. The van der Waals surface area contributed by atoms with E-state index in [4.69, 9.17) is 16.0 Å². The third-order valence-corrected chi connectivity index (χ3v) is 3.50. The average Bonchev–Trinajstić information content (AvgIpc) is 2.96. The Hall–Kier alpha value is -2.26. The van der Waals surface area contributed by atoms with Crippen molar-refractivity contribution in [2.75, 3.05) is 5.32 Å². The van der Waals surface area contributed by atoms with Gasteiger partial charge in [0.15, 0.2) is 0 Å². The standard InChI is InChI=1S/C17H15ClN2O/c1-12-16(3-2-10-19-12)20-11-15-8-9-17(21-15)13-4-6-14(18)7-5-13/h2-10,20H,11H2,1H3. The smallest absolute Gasteiger partial charge is 0.134 e. The van der Waals surface area contributed by atoms with Crippen LogP contribution in [-0.2, 0) is 6.54 Å². The number of hydrogen-bond acceptors (Lipinski definition) is 3. The number of nitrogens with one attached hydrogen (secondary N) is 1. The maximum atomic E-state index is 5.89. The molecule has 1 aromatic carbocycles. The van der Waals surface area contributed by atoms with E-state index in [2.05, 4.69) is 10.3 Å². The summed E-state index contributed by atoms with van der Waals surface area (Å²) >= 11 is 5.89. The molecule has 2 aromatic heterocycles. The van der Waals surface area contributed by atoms with Gasteiger partial charge in [-0.05, 0) is 55.5 Å². The van der Waals surface area contributed by atoms with Gasteiger partial charge in [-0.25, -0.2) is 0 Å². The fourth-order valence-corrected chi connectivity index (χ4v) is 2.22. The second-order valence-corrected chi connectivity index (χ2v) is 5.20. The highest BCUT2D eigenvalue weighted by Gasteiger charge is 2.05. The molecular weight excluding hydrogens is 284 g/mol. The van der Waals surface area contributed by atoms with Gasteiger partial charge in [0.2, 0.25) is 0 Å². The van der Waals surface area contributed by atoms with Crippen molar-refractivity contribution in [1.29, 1.82) is 0 Å². The van der Waals surface area contributed by atoms with E-state index in [0.717, 1.165) is 33.5 Å².